The Morgan fingerprint density at radius 1 is 1.04 bits per heavy atom. The van der Waals surface area contributed by atoms with Crippen molar-refractivity contribution < 1.29 is 18.0 Å². The number of benzene rings is 1. The molecule has 1 aliphatic heterocycles. The maximum Gasteiger partial charge on any atom is 0.416 e. The third-order valence-electron chi connectivity index (χ3n) is 4.10. The number of amides is 1. The van der Waals surface area contributed by atoms with Gasteiger partial charge in [0.2, 0.25) is 0 Å². The van der Waals surface area contributed by atoms with Gasteiger partial charge in [-0.2, -0.15) is 13.2 Å². The van der Waals surface area contributed by atoms with Gasteiger partial charge in [0.15, 0.2) is 0 Å². The second-order valence-electron chi connectivity index (χ2n) is 5.78. The van der Waals surface area contributed by atoms with Crippen LogP contribution in [0, 0.1) is 0 Å². The fourth-order valence-corrected chi connectivity index (χ4v) is 2.78. The summed E-state index contributed by atoms with van der Waals surface area (Å²) < 4.78 is 38.5. The molecule has 0 radical (unpaired) electrons. The zero-order chi connectivity index (χ0) is 18.0. The molecule has 0 atom stereocenters. The van der Waals surface area contributed by atoms with E-state index < -0.39 is 11.7 Å². The van der Waals surface area contributed by atoms with Gasteiger partial charge in [-0.15, -0.1) is 0 Å². The minimum absolute atomic E-state index is 0.226. The molecular weight excluding hydrogens is 333 g/mol. The molecule has 0 aliphatic carbocycles. The van der Waals surface area contributed by atoms with Crippen molar-refractivity contribution in [2.75, 3.05) is 36.8 Å². The van der Waals surface area contributed by atoms with Crippen LogP contribution in [0.25, 0.3) is 0 Å². The number of halogens is 3. The summed E-state index contributed by atoms with van der Waals surface area (Å²) in [6.45, 7) is 1.72. The molecular formula is C17H17F3N4O. The number of hydrogen-bond donors (Lipinski definition) is 1. The molecule has 8 heteroatoms. The molecule has 1 saturated heterocycles. The fourth-order valence-electron chi connectivity index (χ4n) is 2.78. The lowest BCUT2D eigenvalue weighted by atomic mass is 10.1. The van der Waals surface area contributed by atoms with Crippen LogP contribution in [0.4, 0.5) is 24.7 Å². The molecule has 3 rings (SSSR count). The first-order valence-electron chi connectivity index (χ1n) is 7.78. The molecule has 2 aromatic rings. The first kappa shape index (κ1) is 17.1. The number of pyridine rings is 1. The Balaban J connectivity index is 1.67. The Morgan fingerprint density at radius 2 is 1.72 bits per heavy atom. The zero-order valence-electron chi connectivity index (χ0n) is 13.3. The van der Waals surface area contributed by atoms with Gasteiger partial charge in [0.1, 0.15) is 11.5 Å². The Morgan fingerprint density at radius 3 is 2.36 bits per heavy atom. The van der Waals surface area contributed by atoms with Gasteiger partial charge in [-0.3, -0.25) is 4.79 Å². The molecule has 2 heterocycles. The van der Waals surface area contributed by atoms with E-state index in [9.17, 15) is 18.0 Å². The van der Waals surface area contributed by atoms with Crippen molar-refractivity contribution in [1.29, 1.82) is 0 Å². The highest BCUT2D eigenvalue weighted by atomic mass is 19.4. The highest BCUT2D eigenvalue weighted by molar-refractivity contribution is 5.92. The van der Waals surface area contributed by atoms with E-state index in [-0.39, 0.29) is 17.4 Å². The molecule has 2 N–H and O–H groups in total. The Labute approximate surface area is 142 Å². The van der Waals surface area contributed by atoms with E-state index in [1.807, 2.05) is 4.90 Å². The lowest BCUT2D eigenvalue weighted by molar-refractivity contribution is -0.137. The van der Waals surface area contributed by atoms with Crippen LogP contribution >= 0.6 is 0 Å². The molecule has 5 nitrogen and oxygen atoms in total. The average molecular weight is 350 g/mol. The summed E-state index contributed by atoms with van der Waals surface area (Å²) in [6.07, 6.45) is -4.37. The van der Waals surface area contributed by atoms with Crippen LogP contribution in [0.3, 0.4) is 0 Å². The summed E-state index contributed by atoms with van der Waals surface area (Å²) in [5.74, 6) is 0.0458. The number of nitrogens with two attached hydrogens (primary N) is 1. The second kappa shape index (κ2) is 6.62. The normalized spacial score (nSPS) is 15.3. The number of alkyl halides is 3. The predicted molar refractivity (Wildman–Crippen MR) is 88.2 cm³/mol. The number of aromatic nitrogens is 1. The van der Waals surface area contributed by atoms with E-state index in [0.29, 0.717) is 31.9 Å². The highest BCUT2D eigenvalue weighted by Crippen LogP contribution is 2.31. The standard InChI is InChI=1S/C17H17F3N4O/c18-17(19,20)12-3-1-4-13(11-12)23-7-9-24(10-8-23)16(25)14-5-2-6-15(21)22-14/h1-6,11H,7-10H2,(H2,21,22). The molecule has 132 valence electrons. The predicted octanol–water partition coefficient (Wildman–Crippen LogP) is 2.65. The molecule has 0 unspecified atom stereocenters. The summed E-state index contributed by atoms with van der Waals surface area (Å²) >= 11 is 0. The molecule has 1 aliphatic rings. The minimum Gasteiger partial charge on any atom is -0.384 e. The molecule has 25 heavy (non-hydrogen) atoms. The van der Waals surface area contributed by atoms with E-state index in [0.717, 1.165) is 12.1 Å². The summed E-state index contributed by atoms with van der Waals surface area (Å²) in [5, 5.41) is 0. The van der Waals surface area contributed by atoms with Crippen molar-refractivity contribution >= 4 is 17.4 Å². The lowest BCUT2D eigenvalue weighted by Gasteiger charge is -2.36. The van der Waals surface area contributed by atoms with Crippen molar-refractivity contribution in [2.45, 2.75) is 6.18 Å². The van der Waals surface area contributed by atoms with E-state index in [4.69, 9.17) is 5.73 Å². The number of rotatable bonds is 2. The molecule has 0 bridgehead atoms. The number of nitrogens with zero attached hydrogens (tertiary/aromatic N) is 3. The summed E-state index contributed by atoms with van der Waals surface area (Å²) in [4.78, 5) is 19.9. The van der Waals surface area contributed by atoms with Crippen LogP contribution in [0.2, 0.25) is 0 Å². The van der Waals surface area contributed by atoms with Gasteiger partial charge in [-0.25, -0.2) is 4.98 Å². The smallest absolute Gasteiger partial charge is 0.384 e. The second-order valence-corrected chi connectivity index (χ2v) is 5.78. The van der Waals surface area contributed by atoms with Gasteiger partial charge in [-0.05, 0) is 30.3 Å². The zero-order valence-corrected chi connectivity index (χ0v) is 13.3. The van der Waals surface area contributed by atoms with Gasteiger partial charge in [-0.1, -0.05) is 12.1 Å². The SMILES string of the molecule is Nc1cccc(C(=O)N2CCN(c3cccc(C(F)(F)F)c3)CC2)n1. The van der Waals surface area contributed by atoms with Crippen LogP contribution in [0.5, 0.6) is 0 Å². The molecule has 1 aromatic heterocycles. The van der Waals surface area contributed by atoms with Crippen molar-refractivity contribution in [1.82, 2.24) is 9.88 Å². The average Bonchev–Trinajstić information content (AvgIpc) is 2.61. The maximum absolute atomic E-state index is 12.8. The minimum atomic E-state index is -4.37. The Hall–Kier alpha value is -2.77. The van der Waals surface area contributed by atoms with E-state index in [1.165, 1.54) is 6.07 Å². The quantitative estimate of drug-likeness (QED) is 0.905. The number of carbonyl (C=O) groups excluding carboxylic acids is 1. The lowest BCUT2D eigenvalue weighted by Crippen LogP contribution is -2.49. The van der Waals surface area contributed by atoms with Crippen LogP contribution in [0.1, 0.15) is 16.1 Å². The van der Waals surface area contributed by atoms with Crippen molar-refractivity contribution in [3.05, 3.63) is 53.7 Å². The van der Waals surface area contributed by atoms with Crippen molar-refractivity contribution in [2.24, 2.45) is 0 Å². The summed E-state index contributed by atoms with van der Waals surface area (Å²) in [5.41, 5.74) is 5.69. The molecule has 1 fully saturated rings. The highest BCUT2D eigenvalue weighted by Gasteiger charge is 2.31. The number of nitrogen functional groups attached to an aromatic ring is 1. The first-order chi connectivity index (χ1) is 11.8. The maximum atomic E-state index is 12.8. The molecule has 1 amide bonds. The van der Waals surface area contributed by atoms with Gasteiger partial charge in [0.25, 0.3) is 5.91 Å². The monoisotopic (exact) mass is 350 g/mol. The largest absolute Gasteiger partial charge is 0.416 e. The van der Waals surface area contributed by atoms with E-state index in [2.05, 4.69) is 4.98 Å². The number of piperazine rings is 1. The fraction of sp³-hybridized carbons (Fsp3) is 0.294. The molecule has 0 saturated carbocycles. The van der Waals surface area contributed by atoms with Crippen LogP contribution in [-0.2, 0) is 6.18 Å². The molecule has 1 aromatic carbocycles. The first-order valence-corrected chi connectivity index (χ1v) is 7.78. The van der Waals surface area contributed by atoms with Gasteiger partial charge in [0.05, 0.1) is 5.56 Å². The van der Waals surface area contributed by atoms with Crippen LogP contribution in [-0.4, -0.2) is 42.0 Å². The Bertz CT molecular complexity index is 770. The number of carbonyl (C=O) groups is 1. The topological polar surface area (TPSA) is 62.5 Å². The van der Waals surface area contributed by atoms with Gasteiger partial charge in [0, 0.05) is 31.9 Å². The van der Waals surface area contributed by atoms with Crippen molar-refractivity contribution in [3.63, 3.8) is 0 Å². The van der Waals surface area contributed by atoms with Crippen molar-refractivity contribution in [3.8, 4) is 0 Å². The van der Waals surface area contributed by atoms with Gasteiger partial charge >= 0.3 is 6.18 Å². The molecule has 0 spiro atoms. The van der Waals surface area contributed by atoms with E-state index in [1.54, 1.807) is 29.2 Å². The van der Waals surface area contributed by atoms with E-state index >= 15 is 0 Å². The Kier molecular flexibility index (Phi) is 4.52. The summed E-state index contributed by atoms with van der Waals surface area (Å²) in [7, 11) is 0. The number of anilines is 2. The third kappa shape index (κ3) is 3.84. The summed E-state index contributed by atoms with van der Waals surface area (Å²) in [6, 6.07) is 10.1. The third-order valence-corrected chi connectivity index (χ3v) is 4.10. The number of hydrogen-bond acceptors (Lipinski definition) is 4. The van der Waals surface area contributed by atoms with Gasteiger partial charge < -0.3 is 15.5 Å². The van der Waals surface area contributed by atoms with Crippen LogP contribution in [0.15, 0.2) is 42.5 Å². The van der Waals surface area contributed by atoms with Crippen LogP contribution < -0.4 is 10.6 Å².